The molecule has 1 saturated carbocycles. The predicted octanol–water partition coefficient (Wildman–Crippen LogP) is 1.47. The van der Waals surface area contributed by atoms with Crippen molar-refractivity contribution in [3.05, 3.63) is 29.8 Å². The van der Waals surface area contributed by atoms with Gasteiger partial charge in [-0.3, -0.25) is 4.79 Å². The van der Waals surface area contributed by atoms with Crippen LogP contribution in [0.5, 0.6) is 5.75 Å². The van der Waals surface area contributed by atoms with Gasteiger partial charge in [-0.05, 0) is 43.5 Å². The summed E-state index contributed by atoms with van der Waals surface area (Å²) in [7, 11) is 3.37. The van der Waals surface area contributed by atoms with E-state index in [4.69, 9.17) is 4.74 Å². The van der Waals surface area contributed by atoms with E-state index in [1.165, 1.54) is 0 Å². The number of carbonyl (C=O) groups excluding carboxylic acids is 1. The normalized spacial score (nSPS) is 31.3. The summed E-state index contributed by atoms with van der Waals surface area (Å²) in [6, 6.07) is 7.48. The lowest BCUT2D eigenvalue weighted by atomic mass is 9.70. The number of ether oxygens (including phenoxy) is 1. The maximum atomic E-state index is 12.5. The fourth-order valence-corrected chi connectivity index (χ4v) is 3.00. The fourth-order valence-electron chi connectivity index (χ4n) is 3.00. The quantitative estimate of drug-likeness (QED) is 0.867. The van der Waals surface area contributed by atoms with Crippen molar-refractivity contribution < 1.29 is 14.6 Å². The van der Waals surface area contributed by atoms with Crippen LogP contribution >= 0.6 is 0 Å². The second kappa shape index (κ2) is 5.31. The third-order valence-electron chi connectivity index (χ3n) is 3.99. The largest absolute Gasteiger partial charge is 0.497 e. The van der Waals surface area contributed by atoms with E-state index in [1.807, 2.05) is 24.3 Å². The van der Waals surface area contributed by atoms with Gasteiger partial charge in [0.2, 0.25) is 0 Å². The van der Waals surface area contributed by atoms with Crippen LogP contribution in [-0.4, -0.2) is 31.2 Å². The molecule has 2 N–H and O–H groups in total. The van der Waals surface area contributed by atoms with Gasteiger partial charge < -0.3 is 15.2 Å². The highest BCUT2D eigenvalue weighted by molar-refractivity contribution is 5.94. The number of ketones is 1. The van der Waals surface area contributed by atoms with Crippen molar-refractivity contribution in [2.75, 3.05) is 14.2 Å². The van der Waals surface area contributed by atoms with E-state index in [-0.39, 0.29) is 11.7 Å². The number of Topliss-reactive ketones (excluding diaryl/α,β-unsaturated/α-hetero) is 1. The highest BCUT2D eigenvalue weighted by Gasteiger charge is 2.47. The maximum absolute atomic E-state index is 12.5. The molecule has 0 bridgehead atoms. The SMILES string of the molecule is CN[C@@]1(c2cccc(OC)c2)C[C@@H](C)C[C@@H](O)C1=O. The average Bonchev–Trinajstić information content (AvgIpc) is 2.43. The average molecular weight is 263 g/mol. The number of benzene rings is 1. The Balaban J connectivity index is 2.48. The van der Waals surface area contributed by atoms with Crippen molar-refractivity contribution in [2.45, 2.75) is 31.4 Å². The Hall–Kier alpha value is -1.39. The lowest BCUT2D eigenvalue weighted by molar-refractivity contribution is -0.139. The molecule has 4 nitrogen and oxygen atoms in total. The zero-order chi connectivity index (χ0) is 14.0. The molecule has 104 valence electrons. The van der Waals surface area contributed by atoms with Gasteiger partial charge in [0.1, 0.15) is 17.4 Å². The minimum atomic E-state index is -0.901. The van der Waals surface area contributed by atoms with Gasteiger partial charge in [-0.1, -0.05) is 19.1 Å². The number of carbonyl (C=O) groups is 1. The van der Waals surface area contributed by atoms with E-state index < -0.39 is 11.6 Å². The monoisotopic (exact) mass is 263 g/mol. The third-order valence-corrected chi connectivity index (χ3v) is 3.99. The second-order valence-electron chi connectivity index (χ2n) is 5.31. The zero-order valence-electron chi connectivity index (χ0n) is 11.6. The summed E-state index contributed by atoms with van der Waals surface area (Å²) in [5, 5.41) is 13.1. The summed E-state index contributed by atoms with van der Waals surface area (Å²) in [4.78, 5) is 12.5. The topological polar surface area (TPSA) is 58.6 Å². The molecule has 19 heavy (non-hydrogen) atoms. The predicted molar refractivity (Wildman–Crippen MR) is 73.1 cm³/mol. The van der Waals surface area contributed by atoms with E-state index in [1.54, 1.807) is 14.2 Å². The highest BCUT2D eigenvalue weighted by atomic mass is 16.5. The van der Waals surface area contributed by atoms with Crippen molar-refractivity contribution in [3.63, 3.8) is 0 Å². The van der Waals surface area contributed by atoms with Gasteiger partial charge in [0, 0.05) is 0 Å². The number of likely N-dealkylation sites (N-methyl/N-ethyl adjacent to an activating group) is 1. The Kier molecular flexibility index (Phi) is 3.92. The molecule has 0 unspecified atom stereocenters. The van der Waals surface area contributed by atoms with Crippen LogP contribution in [0.25, 0.3) is 0 Å². The van der Waals surface area contributed by atoms with Crippen LogP contribution in [-0.2, 0) is 10.3 Å². The molecule has 0 saturated heterocycles. The van der Waals surface area contributed by atoms with Gasteiger partial charge in [-0.15, -0.1) is 0 Å². The molecule has 1 aromatic rings. The molecule has 0 amide bonds. The number of hydrogen-bond donors (Lipinski definition) is 2. The zero-order valence-corrected chi connectivity index (χ0v) is 11.6. The molecule has 1 aromatic carbocycles. The Morgan fingerprint density at radius 1 is 1.47 bits per heavy atom. The Bertz CT molecular complexity index is 474. The van der Waals surface area contributed by atoms with E-state index in [9.17, 15) is 9.90 Å². The molecule has 1 aliphatic rings. The van der Waals surface area contributed by atoms with Crippen molar-refractivity contribution >= 4 is 5.78 Å². The van der Waals surface area contributed by atoms with Gasteiger partial charge in [0.15, 0.2) is 5.78 Å². The van der Waals surface area contributed by atoms with Crippen molar-refractivity contribution in [3.8, 4) is 5.75 Å². The first-order chi connectivity index (χ1) is 9.03. The van der Waals surface area contributed by atoms with Crippen LogP contribution in [0.2, 0.25) is 0 Å². The van der Waals surface area contributed by atoms with Crippen LogP contribution in [0.1, 0.15) is 25.3 Å². The molecule has 3 atom stereocenters. The standard InChI is InChI=1S/C15H21NO3/c1-10-7-13(17)14(18)15(9-10,16-2)11-5-4-6-12(8-11)19-3/h4-6,8,10,13,16-17H,7,9H2,1-3H3/t10-,13+,15+/m0/s1. The summed E-state index contributed by atoms with van der Waals surface area (Å²) >= 11 is 0. The van der Waals surface area contributed by atoms with Gasteiger partial charge in [-0.25, -0.2) is 0 Å². The summed E-state index contributed by atoms with van der Waals surface area (Å²) in [5.74, 6) is 0.848. The number of rotatable bonds is 3. The molecule has 0 spiro atoms. The lowest BCUT2D eigenvalue weighted by Crippen LogP contribution is -2.56. The molecule has 2 rings (SSSR count). The summed E-state index contributed by atoms with van der Waals surface area (Å²) in [6.07, 6.45) is 0.320. The first-order valence-electron chi connectivity index (χ1n) is 6.59. The highest BCUT2D eigenvalue weighted by Crippen LogP contribution is 2.38. The molecular weight excluding hydrogens is 242 g/mol. The summed E-state index contributed by atoms with van der Waals surface area (Å²) in [5.41, 5.74) is 0.0379. The molecule has 1 aliphatic carbocycles. The smallest absolute Gasteiger partial charge is 0.185 e. The minimum Gasteiger partial charge on any atom is -0.497 e. The van der Waals surface area contributed by atoms with Crippen LogP contribution < -0.4 is 10.1 Å². The molecular formula is C15H21NO3. The Morgan fingerprint density at radius 3 is 2.84 bits per heavy atom. The summed E-state index contributed by atoms with van der Waals surface area (Å²) in [6.45, 7) is 2.06. The van der Waals surface area contributed by atoms with E-state index in [2.05, 4.69) is 12.2 Å². The number of hydrogen-bond acceptors (Lipinski definition) is 4. The number of aliphatic hydroxyl groups excluding tert-OH is 1. The van der Waals surface area contributed by atoms with Gasteiger partial charge in [0.25, 0.3) is 0 Å². The minimum absolute atomic E-state index is 0.152. The van der Waals surface area contributed by atoms with Crippen LogP contribution in [0.15, 0.2) is 24.3 Å². The number of aliphatic hydroxyl groups is 1. The second-order valence-corrected chi connectivity index (χ2v) is 5.31. The van der Waals surface area contributed by atoms with E-state index in [0.29, 0.717) is 18.6 Å². The van der Waals surface area contributed by atoms with Crippen molar-refractivity contribution in [2.24, 2.45) is 5.92 Å². The molecule has 1 fully saturated rings. The number of methoxy groups -OCH3 is 1. The van der Waals surface area contributed by atoms with Crippen LogP contribution in [0.3, 0.4) is 0 Å². The molecule has 4 heteroatoms. The van der Waals surface area contributed by atoms with Crippen molar-refractivity contribution in [1.82, 2.24) is 5.32 Å². The molecule has 0 aromatic heterocycles. The lowest BCUT2D eigenvalue weighted by Gasteiger charge is -2.41. The molecule has 0 radical (unpaired) electrons. The molecule has 0 heterocycles. The first-order valence-corrected chi connectivity index (χ1v) is 6.59. The Labute approximate surface area is 113 Å². The van der Waals surface area contributed by atoms with Gasteiger partial charge in [0.05, 0.1) is 7.11 Å². The van der Waals surface area contributed by atoms with Crippen LogP contribution in [0.4, 0.5) is 0 Å². The first kappa shape index (κ1) is 14.0. The Morgan fingerprint density at radius 2 is 2.21 bits per heavy atom. The molecule has 0 aliphatic heterocycles. The van der Waals surface area contributed by atoms with Gasteiger partial charge >= 0.3 is 0 Å². The van der Waals surface area contributed by atoms with Crippen LogP contribution in [0, 0.1) is 5.92 Å². The number of nitrogens with one attached hydrogen (secondary N) is 1. The van der Waals surface area contributed by atoms with E-state index >= 15 is 0 Å². The maximum Gasteiger partial charge on any atom is 0.185 e. The van der Waals surface area contributed by atoms with E-state index in [0.717, 1.165) is 5.56 Å². The summed E-state index contributed by atoms with van der Waals surface area (Å²) < 4.78 is 5.22. The van der Waals surface area contributed by atoms with Crippen molar-refractivity contribution in [1.29, 1.82) is 0 Å². The van der Waals surface area contributed by atoms with Gasteiger partial charge in [-0.2, -0.15) is 0 Å². The fraction of sp³-hybridized carbons (Fsp3) is 0.533. The third kappa shape index (κ3) is 2.38.